The van der Waals surface area contributed by atoms with Crippen molar-refractivity contribution in [1.82, 2.24) is 5.32 Å². The summed E-state index contributed by atoms with van der Waals surface area (Å²) < 4.78 is 0. The van der Waals surface area contributed by atoms with Gasteiger partial charge >= 0.3 is 0 Å². The molecule has 0 aliphatic rings. The molecular weight excluding hydrogens is 194 g/mol. The molecule has 0 saturated heterocycles. The first-order valence-electron chi connectivity index (χ1n) is 3.76. The number of hydrogen-bond acceptors (Lipinski definition) is 3. The van der Waals surface area contributed by atoms with Gasteiger partial charge in [-0.1, -0.05) is 13.8 Å². The Bertz CT molecular complexity index is 185. The van der Waals surface area contributed by atoms with Crippen LogP contribution in [0.15, 0.2) is 0 Å². The van der Waals surface area contributed by atoms with E-state index in [1.165, 1.54) is 0 Å². The maximum atomic E-state index is 11.0. The van der Waals surface area contributed by atoms with Crippen LogP contribution >= 0.6 is 12.4 Å². The van der Waals surface area contributed by atoms with Crippen molar-refractivity contribution < 1.29 is 9.59 Å². The number of halogens is 1. The highest BCUT2D eigenvalue weighted by Crippen LogP contribution is 1.96. The molecule has 0 aromatic rings. The third kappa shape index (κ3) is 6.36. The van der Waals surface area contributed by atoms with Crippen molar-refractivity contribution in [3.63, 3.8) is 0 Å². The van der Waals surface area contributed by atoms with Crippen LogP contribution in [-0.2, 0) is 9.59 Å². The molecule has 0 saturated carbocycles. The van der Waals surface area contributed by atoms with Gasteiger partial charge in [0.15, 0.2) is 0 Å². The van der Waals surface area contributed by atoms with Gasteiger partial charge < -0.3 is 16.8 Å². The van der Waals surface area contributed by atoms with E-state index in [9.17, 15) is 9.59 Å². The smallest absolute Gasteiger partial charge is 0.237 e. The van der Waals surface area contributed by atoms with Gasteiger partial charge in [-0.3, -0.25) is 9.59 Å². The van der Waals surface area contributed by atoms with E-state index in [1.807, 2.05) is 13.8 Å². The largest absolute Gasteiger partial charge is 0.368 e. The predicted octanol–water partition coefficient (Wildman–Crippen LogP) is -1.01. The van der Waals surface area contributed by atoms with E-state index in [4.69, 9.17) is 11.5 Å². The molecular formula is C7H16ClN3O2. The van der Waals surface area contributed by atoms with E-state index in [2.05, 4.69) is 5.32 Å². The molecule has 13 heavy (non-hydrogen) atoms. The van der Waals surface area contributed by atoms with Crippen molar-refractivity contribution >= 4 is 24.2 Å². The molecule has 0 aliphatic carbocycles. The van der Waals surface area contributed by atoms with Crippen LogP contribution in [-0.4, -0.2) is 24.4 Å². The lowest BCUT2D eigenvalue weighted by atomic mass is 10.1. The van der Waals surface area contributed by atoms with E-state index in [0.717, 1.165) is 0 Å². The van der Waals surface area contributed by atoms with Crippen LogP contribution in [0.4, 0.5) is 0 Å². The number of amides is 2. The summed E-state index contributed by atoms with van der Waals surface area (Å²) in [6.07, 6.45) is 0. The Morgan fingerprint density at radius 2 is 1.85 bits per heavy atom. The van der Waals surface area contributed by atoms with Crippen LogP contribution in [0.5, 0.6) is 0 Å². The lowest BCUT2D eigenvalue weighted by molar-refractivity contribution is -0.126. The molecule has 0 fully saturated rings. The standard InChI is InChI=1S/C7H15N3O2.ClH/c1-4(2)6(9)7(12)10-3-5(8)11;/h4,6H,3,9H2,1-2H3,(H2,8,11)(H,10,12);1H. The van der Waals surface area contributed by atoms with Gasteiger partial charge in [0.1, 0.15) is 0 Å². The zero-order chi connectivity index (χ0) is 9.72. The molecule has 0 aliphatic heterocycles. The van der Waals surface area contributed by atoms with Crippen LogP contribution in [0.1, 0.15) is 13.8 Å². The van der Waals surface area contributed by atoms with Gasteiger partial charge in [0.05, 0.1) is 12.6 Å². The van der Waals surface area contributed by atoms with Gasteiger partial charge in [0.2, 0.25) is 11.8 Å². The summed E-state index contributed by atoms with van der Waals surface area (Å²) in [6, 6.07) is -0.579. The summed E-state index contributed by atoms with van der Waals surface area (Å²) in [5.74, 6) is -0.860. The minimum Gasteiger partial charge on any atom is -0.368 e. The van der Waals surface area contributed by atoms with Gasteiger partial charge in [0.25, 0.3) is 0 Å². The third-order valence-electron chi connectivity index (χ3n) is 1.46. The summed E-state index contributed by atoms with van der Waals surface area (Å²) in [5, 5.41) is 2.32. The number of hydrogen-bond donors (Lipinski definition) is 3. The first-order chi connectivity index (χ1) is 5.45. The Balaban J connectivity index is 0. The fourth-order valence-corrected chi connectivity index (χ4v) is 0.595. The molecule has 0 aromatic heterocycles. The van der Waals surface area contributed by atoms with Crippen molar-refractivity contribution in [2.24, 2.45) is 17.4 Å². The number of rotatable bonds is 4. The SMILES string of the molecule is CC(C)C(N)C(=O)NCC(N)=O.Cl. The Kier molecular flexibility index (Phi) is 7.55. The van der Waals surface area contributed by atoms with E-state index >= 15 is 0 Å². The minimum absolute atomic E-state index is 0. The van der Waals surface area contributed by atoms with Crippen molar-refractivity contribution in [3.05, 3.63) is 0 Å². The van der Waals surface area contributed by atoms with Crippen LogP contribution in [0.2, 0.25) is 0 Å². The molecule has 2 amide bonds. The molecule has 5 N–H and O–H groups in total. The monoisotopic (exact) mass is 209 g/mol. The first kappa shape index (κ1) is 14.7. The van der Waals surface area contributed by atoms with Gasteiger partial charge in [-0.2, -0.15) is 0 Å². The zero-order valence-corrected chi connectivity index (χ0v) is 8.56. The lowest BCUT2D eigenvalue weighted by Gasteiger charge is -2.14. The highest BCUT2D eigenvalue weighted by molar-refractivity contribution is 5.86. The number of carbonyl (C=O) groups excluding carboxylic acids is 2. The molecule has 5 nitrogen and oxygen atoms in total. The highest BCUT2D eigenvalue weighted by Gasteiger charge is 2.16. The quantitative estimate of drug-likeness (QED) is 0.554. The van der Waals surface area contributed by atoms with Crippen molar-refractivity contribution in [3.8, 4) is 0 Å². The van der Waals surface area contributed by atoms with Gasteiger partial charge in [-0.05, 0) is 5.92 Å². The maximum Gasteiger partial charge on any atom is 0.237 e. The molecule has 0 bridgehead atoms. The molecule has 6 heteroatoms. The molecule has 0 aromatic carbocycles. The predicted molar refractivity (Wildman–Crippen MR) is 52.3 cm³/mol. The van der Waals surface area contributed by atoms with E-state index in [-0.39, 0.29) is 30.8 Å². The Morgan fingerprint density at radius 1 is 1.38 bits per heavy atom. The molecule has 0 heterocycles. The normalized spacial score (nSPS) is 11.7. The summed E-state index contributed by atoms with van der Waals surface area (Å²) >= 11 is 0. The van der Waals surface area contributed by atoms with Crippen LogP contribution in [0, 0.1) is 5.92 Å². The van der Waals surface area contributed by atoms with Crippen LogP contribution in [0.3, 0.4) is 0 Å². The number of nitrogens with two attached hydrogens (primary N) is 2. The number of nitrogens with one attached hydrogen (secondary N) is 1. The fourth-order valence-electron chi connectivity index (χ4n) is 0.595. The van der Waals surface area contributed by atoms with Crippen LogP contribution in [0.25, 0.3) is 0 Å². The second-order valence-electron chi connectivity index (χ2n) is 2.95. The lowest BCUT2D eigenvalue weighted by Crippen LogP contribution is -2.46. The average molecular weight is 210 g/mol. The van der Waals surface area contributed by atoms with E-state index in [0.29, 0.717) is 0 Å². The average Bonchev–Trinajstić information content (AvgIpc) is 1.98. The first-order valence-corrected chi connectivity index (χ1v) is 3.76. The molecule has 0 rings (SSSR count). The second kappa shape index (κ2) is 6.68. The highest BCUT2D eigenvalue weighted by atomic mass is 35.5. The van der Waals surface area contributed by atoms with Gasteiger partial charge in [-0.25, -0.2) is 0 Å². The molecule has 0 radical (unpaired) electrons. The Labute approximate surface area is 83.6 Å². The van der Waals surface area contributed by atoms with Crippen molar-refractivity contribution in [1.29, 1.82) is 0 Å². The van der Waals surface area contributed by atoms with Gasteiger partial charge in [-0.15, -0.1) is 12.4 Å². The summed E-state index contributed by atoms with van der Waals surface area (Å²) in [4.78, 5) is 21.3. The van der Waals surface area contributed by atoms with E-state index < -0.39 is 11.9 Å². The number of carbonyl (C=O) groups is 2. The summed E-state index contributed by atoms with van der Waals surface area (Å²) in [5.41, 5.74) is 10.3. The second-order valence-corrected chi connectivity index (χ2v) is 2.95. The zero-order valence-electron chi connectivity index (χ0n) is 7.74. The van der Waals surface area contributed by atoms with Crippen molar-refractivity contribution in [2.45, 2.75) is 19.9 Å². The van der Waals surface area contributed by atoms with Crippen LogP contribution < -0.4 is 16.8 Å². The fraction of sp³-hybridized carbons (Fsp3) is 0.714. The van der Waals surface area contributed by atoms with Gasteiger partial charge in [0, 0.05) is 0 Å². The summed E-state index contributed by atoms with van der Waals surface area (Å²) in [6.45, 7) is 3.50. The number of primary amides is 1. The van der Waals surface area contributed by atoms with E-state index in [1.54, 1.807) is 0 Å². The Morgan fingerprint density at radius 3 is 2.15 bits per heavy atom. The minimum atomic E-state index is -0.579. The maximum absolute atomic E-state index is 11.0. The molecule has 1 unspecified atom stereocenters. The van der Waals surface area contributed by atoms with Crippen molar-refractivity contribution in [2.75, 3.05) is 6.54 Å². The molecule has 0 spiro atoms. The topological polar surface area (TPSA) is 98.2 Å². The third-order valence-corrected chi connectivity index (χ3v) is 1.46. The Hall–Kier alpha value is -0.810. The summed E-state index contributed by atoms with van der Waals surface area (Å²) in [7, 11) is 0. The molecule has 1 atom stereocenters. The molecule has 78 valence electrons.